The summed E-state index contributed by atoms with van der Waals surface area (Å²) in [5.41, 5.74) is 2.52. The molecule has 1 aliphatic rings. The average molecular weight is 454 g/mol. The van der Waals surface area contributed by atoms with E-state index in [1.54, 1.807) is 37.4 Å². The first-order valence-corrected chi connectivity index (χ1v) is 11.0. The Morgan fingerprint density at radius 2 is 2.03 bits per heavy atom. The van der Waals surface area contributed by atoms with Gasteiger partial charge in [-0.15, -0.1) is 0 Å². The number of aromatic nitrogens is 1. The number of hydrogen-bond acceptors (Lipinski definition) is 4. The first-order valence-electron chi connectivity index (χ1n) is 11.0. The Morgan fingerprint density at radius 3 is 2.76 bits per heavy atom. The van der Waals surface area contributed by atoms with E-state index in [4.69, 9.17) is 9.47 Å². The van der Waals surface area contributed by atoms with Gasteiger partial charge in [0.1, 0.15) is 23.4 Å². The molecule has 1 heterocycles. The van der Waals surface area contributed by atoms with Crippen molar-refractivity contribution in [2.24, 2.45) is 0 Å². The molecule has 2 unspecified atom stereocenters. The van der Waals surface area contributed by atoms with E-state index >= 15 is 0 Å². The molecule has 174 valence electrons. The normalized spacial score (nSPS) is 16.2. The van der Waals surface area contributed by atoms with Gasteiger partial charge in [0.05, 0.1) is 7.11 Å². The maximum absolute atomic E-state index is 14.1. The van der Waals surface area contributed by atoms with E-state index in [1.807, 2.05) is 11.5 Å². The van der Waals surface area contributed by atoms with Gasteiger partial charge in [-0.2, -0.15) is 0 Å². The molecule has 0 fully saturated rings. The van der Waals surface area contributed by atoms with Crippen LogP contribution < -0.4 is 14.8 Å². The predicted molar refractivity (Wildman–Crippen MR) is 121 cm³/mol. The Kier molecular flexibility index (Phi) is 6.53. The molecule has 0 saturated carbocycles. The fraction of sp³-hybridized carbons (Fsp3) is 0.360. The molecule has 0 aliphatic heterocycles. The van der Waals surface area contributed by atoms with Gasteiger partial charge in [0, 0.05) is 28.7 Å². The summed E-state index contributed by atoms with van der Waals surface area (Å²) in [6.07, 6.45) is 2.18. The zero-order valence-electron chi connectivity index (χ0n) is 18.6. The smallest absolute Gasteiger partial charge is 0.326 e. The van der Waals surface area contributed by atoms with E-state index in [0.29, 0.717) is 48.1 Å². The Balaban J connectivity index is 1.52. The zero-order valence-corrected chi connectivity index (χ0v) is 18.6. The van der Waals surface area contributed by atoms with E-state index in [9.17, 15) is 19.1 Å². The maximum Gasteiger partial charge on any atom is 0.326 e. The number of nitrogens with one attached hydrogen (secondary N) is 1. The number of ether oxygens (including phenoxy) is 2. The number of fused-ring (bicyclic) bond motifs is 3. The van der Waals surface area contributed by atoms with Crippen molar-refractivity contribution in [3.63, 3.8) is 0 Å². The van der Waals surface area contributed by atoms with Gasteiger partial charge in [-0.3, -0.25) is 4.79 Å². The summed E-state index contributed by atoms with van der Waals surface area (Å²) in [6.45, 7) is 1.69. The lowest BCUT2D eigenvalue weighted by atomic mass is 9.91. The molecule has 2 N–H and O–H groups in total. The van der Waals surface area contributed by atoms with Gasteiger partial charge in [-0.1, -0.05) is 13.0 Å². The van der Waals surface area contributed by atoms with E-state index in [1.165, 1.54) is 12.1 Å². The van der Waals surface area contributed by atoms with Gasteiger partial charge >= 0.3 is 5.97 Å². The topological polar surface area (TPSA) is 89.8 Å². The van der Waals surface area contributed by atoms with Crippen LogP contribution in [0.5, 0.6) is 11.5 Å². The summed E-state index contributed by atoms with van der Waals surface area (Å²) in [6, 6.07) is 10.6. The van der Waals surface area contributed by atoms with Crippen LogP contribution >= 0.6 is 0 Å². The molecule has 4 rings (SSSR count). The highest BCUT2D eigenvalue weighted by Crippen LogP contribution is 2.36. The van der Waals surface area contributed by atoms with Crippen molar-refractivity contribution in [1.82, 2.24) is 9.88 Å². The molecule has 0 radical (unpaired) electrons. The quantitative estimate of drug-likeness (QED) is 0.539. The molecular formula is C25H27FN2O5. The number of aliphatic carboxylic acids is 1. The largest absolute Gasteiger partial charge is 0.497 e. The lowest BCUT2D eigenvalue weighted by molar-refractivity contribution is -0.141. The number of carboxylic acids is 1. The van der Waals surface area contributed by atoms with E-state index in [2.05, 4.69) is 5.32 Å². The number of rotatable bonds is 8. The molecule has 8 heteroatoms. The van der Waals surface area contributed by atoms with Gasteiger partial charge in [-0.05, 0) is 61.6 Å². The van der Waals surface area contributed by atoms with Crippen LogP contribution in [0, 0.1) is 5.82 Å². The molecule has 0 spiro atoms. The van der Waals surface area contributed by atoms with Crippen LogP contribution in [0.15, 0.2) is 42.5 Å². The number of hydrogen-bond donors (Lipinski definition) is 2. The molecule has 1 aliphatic carbocycles. The minimum Gasteiger partial charge on any atom is -0.497 e. The van der Waals surface area contributed by atoms with Crippen LogP contribution in [-0.4, -0.2) is 41.3 Å². The molecule has 2 atom stereocenters. The fourth-order valence-corrected chi connectivity index (χ4v) is 4.62. The maximum atomic E-state index is 14.1. The highest BCUT2D eigenvalue weighted by molar-refractivity contribution is 5.88. The zero-order chi connectivity index (χ0) is 23.5. The van der Waals surface area contributed by atoms with E-state index in [0.717, 1.165) is 11.3 Å². The Hall–Kier alpha value is -3.55. The lowest BCUT2D eigenvalue weighted by Crippen LogP contribution is -2.41. The number of carbonyl (C=O) groups is 2. The molecule has 3 aromatic rings. The highest BCUT2D eigenvalue weighted by atomic mass is 19.1. The van der Waals surface area contributed by atoms with Crippen LogP contribution in [0.1, 0.15) is 37.1 Å². The van der Waals surface area contributed by atoms with E-state index in [-0.39, 0.29) is 24.4 Å². The lowest BCUT2D eigenvalue weighted by Gasteiger charge is -2.26. The van der Waals surface area contributed by atoms with Gasteiger partial charge in [-0.25, -0.2) is 9.18 Å². The van der Waals surface area contributed by atoms with Gasteiger partial charge < -0.3 is 24.5 Å². The van der Waals surface area contributed by atoms with Crippen LogP contribution in [0.3, 0.4) is 0 Å². The number of amides is 1. The number of carboxylic acid groups (broad SMARTS) is 1. The molecule has 7 nitrogen and oxygen atoms in total. The number of carbonyl (C=O) groups excluding carboxylic acids is 1. The molecule has 0 bridgehead atoms. The number of nitrogens with zero attached hydrogens (tertiary/aromatic N) is 1. The highest BCUT2D eigenvalue weighted by Gasteiger charge is 2.31. The van der Waals surface area contributed by atoms with Gasteiger partial charge in [0.15, 0.2) is 6.61 Å². The summed E-state index contributed by atoms with van der Waals surface area (Å²) in [5, 5.41) is 13.4. The van der Waals surface area contributed by atoms with Crippen LogP contribution in [0.4, 0.5) is 4.39 Å². The third kappa shape index (κ3) is 4.65. The Morgan fingerprint density at radius 1 is 1.24 bits per heavy atom. The van der Waals surface area contributed by atoms with Crippen molar-refractivity contribution >= 4 is 22.8 Å². The standard InChI is InChI=1S/C25H27FN2O5/c1-3-21(25(30)31)28-22-9-7-15(26)11-19(22)20-12-16(8-10-23(20)28)27-24(29)14-33-18-6-4-5-17(13-18)32-2/h4-7,9,11,13,16,21H,3,8,10,12,14H2,1-2H3,(H,27,29)(H,30,31). The molecule has 1 amide bonds. The molecular weight excluding hydrogens is 427 g/mol. The van der Waals surface area contributed by atoms with Crippen molar-refractivity contribution in [2.45, 2.75) is 44.7 Å². The van der Waals surface area contributed by atoms with Crippen LogP contribution in [0.25, 0.3) is 10.9 Å². The average Bonchev–Trinajstić information content (AvgIpc) is 3.11. The summed E-state index contributed by atoms with van der Waals surface area (Å²) in [7, 11) is 1.56. The first kappa shape index (κ1) is 22.6. The number of halogens is 1. The third-order valence-corrected chi connectivity index (χ3v) is 6.12. The van der Waals surface area contributed by atoms with Crippen molar-refractivity contribution in [3.05, 3.63) is 59.5 Å². The molecule has 2 aromatic carbocycles. The van der Waals surface area contributed by atoms with Crippen LogP contribution in [0.2, 0.25) is 0 Å². The predicted octanol–water partition coefficient (Wildman–Crippen LogP) is 3.88. The fourth-order valence-electron chi connectivity index (χ4n) is 4.62. The summed E-state index contributed by atoms with van der Waals surface area (Å²) < 4.78 is 26.6. The Labute approximate surface area is 191 Å². The second-order valence-corrected chi connectivity index (χ2v) is 8.19. The molecule has 0 saturated heterocycles. The van der Waals surface area contributed by atoms with Gasteiger partial charge in [0.25, 0.3) is 5.91 Å². The number of methoxy groups -OCH3 is 1. The third-order valence-electron chi connectivity index (χ3n) is 6.12. The summed E-state index contributed by atoms with van der Waals surface area (Å²) in [5.74, 6) is -0.357. The SMILES string of the molecule is CCC(C(=O)O)n1c2c(c3cc(F)ccc31)CC(NC(=O)COc1cccc(OC)c1)CC2. The van der Waals surface area contributed by atoms with Crippen molar-refractivity contribution < 1.29 is 28.6 Å². The molecule has 33 heavy (non-hydrogen) atoms. The van der Waals surface area contributed by atoms with Crippen molar-refractivity contribution in [3.8, 4) is 11.5 Å². The van der Waals surface area contributed by atoms with Crippen molar-refractivity contribution in [1.29, 1.82) is 0 Å². The van der Waals surface area contributed by atoms with Crippen molar-refractivity contribution in [2.75, 3.05) is 13.7 Å². The summed E-state index contributed by atoms with van der Waals surface area (Å²) in [4.78, 5) is 24.4. The van der Waals surface area contributed by atoms with Crippen LogP contribution in [-0.2, 0) is 22.4 Å². The second-order valence-electron chi connectivity index (χ2n) is 8.19. The molecule has 1 aromatic heterocycles. The minimum atomic E-state index is -0.911. The second kappa shape index (κ2) is 9.52. The summed E-state index contributed by atoms with van der Waals surface area (Å²) >= 11 is 0. The van der Waals surface area contributed by atoms with E-state index < -0.39 is 12.0 Å². The minimum absolute atomic E-state index is 0.135. The van der Waals surface area contributed by atoms with Gasteiger partial charge in [0.2, 0.25) is 0 Å². The Bertz CT molecular complexity index is 1190. The number of benzene rings is 2. The first-order chi connectivity index (χ1) is 15.9. The monoisotopic (exact) mass is 454 g/mol.